The molecule has 1 aromatic heterocycles. The third-order valence-corrected chi connectivity index (χ3v) is 1.50. The van der Waals surface area contributed by atoms with Gasteiger partial charge in [0.15, 0.2) is 0 Å². The summed E-state index contributed by atoms with van der Waals surface area (Å²) in [5, 5.41) is 4.02. The van der Waals surface area contributed by atoms with E-state index in [0.717, 1.165) is 9.27 Å². The summed E-state index contributed by atoms with van der Waals surface area (Å²) in [6, 6.07) is 0. The van der Waals surface area contributed by atoms with Crippen molar-refractivity contribution in [1.29, 1.82) is 0 Å². The first-order valence-electron chi connectivity index (χ1n) is 2.56. The molecule has 48 valence electrons. The van der Waals surface area contributed by atoms with Gasteiger partial charge in [0.05, 0.1) is 9.77 Å². The molecule has 0 spiro atoms. The van der Waals surface area contributed by atoms with Crippen molar-refractivity contribution in [1.82, 2.24) is 9.78 Å². The van der Waals surface area contributed by atoms with Gasteiger partial charge >= 0.3 is 0 Å². The monoisotopic (exact) mass is 234 g/mol. The van der Waals surface area contributed by atoms with Crippen LogP contribution in [0, 0.1) is 3.57 Å². The van der Waals surface area contributed by atoms with Crippen molar-refractivity contribution in [2.45, 2.75) is 6.92 Å². The van der Waals surface area contributed by atoms with Crippen LogP contribution >= 0.6 is 22.6 Å². The second-order valence-electron chi connectivity index (χ2n) is 1.84. The zero-order valence-electron chi connectivity index (χ0n) is 5.13. The maximum Gasteiger partial charge on any atom is 0.0627 e. The second kappa shape index (κ2) is 2.51. The molecular formula is C6H7IN2. The van der Waals surface area contributed by atoms with E-state index < -0.39 is 0 Å². The molecule has 0 saturated heterocycles. The van der Waals surface area contributed by atoms with E-state index in [0.29, 0.717) is 0 Å². The smallest absolute Gasteiger partial charge is 0.0627 e. The Hall–Kier alpha value is -0.320. The molecule has 0 aliphatic carbocycles. The topological polar surface area (TPSA) is 17.8 Å². The summed E-state index contributed by atoms with van der Waals surface area (Å²) >= 11 is 2.21. The molecule has 2 nitrogen and oxygen atoms in total. The van der Waals surface area contributed by atoms with E-state index in [4.69, 9.17) is 0 Å². The zero-order chi connectivity index (χ0) is 6.85. The van der Waals surface area contributed by atoms with Gasteiger partial charge < -0.3 is 0 Å². The number of allylic oxidation sites excluding steroid dienone is 1. The van der Waals surface area contributed by atoms with Crippen molar-refractivity contribution in [2.75, 3.05) is 0 Å². The second-order valence-corrected chi connectivity index (χ2v) is 3.08. The number of halogens is 1. The highest BCUT2D eigenvalue weighted by atomic mass is 127. The fraction of sp³-hybridized carbons (Fsp3) is 0.167. The molecule has 0 aliphatic rings. The molecule has 0 saturated carbocycles. The molecule has 3 heteroatoms. The Labute approximate surface area is 67.7 Å². The molecule has 0 amide bonds. The van der Waals surface area contributed by atoms with Gasteiger partial charge in [-0.1, -0.05) is 6.58 Å². The van der Waals surface area contributed by atoms with Crippen LogP contribution < -0.4 is 0 Å². The minimum absolute atomic E-state index is 0.943. The molecule has 0 aromatic carbocycles. The Morgan fingerprint density at radius 2 is 2.56 bits per heavy atom. The lowest BCUT2D eigenvalue weighted by Gasteiger charge is -1.93. The van der Waals surface area contributed by atoms with Crippen LogP contribution in [0.5, 0.6) is 0 Å². The average molecular weight is 234 g/mol. The Kier molecular flexibility index (Phi) is 1.90. The van der Waals surface area contributed by atoms with E-state index in [1.807, 2.05) is 13.1 Å². The molecular weight excluding hydrogens is 227 g/mol. The molecule has 0 atom stereocenters. The molecule has 0 unspecified atom stereocenters. The molecule has 0 N–H and O–H groups in total. The van der Waals surface area contributed by atoms with Gasteiger partial charge in [-0.15, -0.1) is 0 Å². The van der Waals surface area contributed by atoms with Crippen LogP contribution in [-0.2, 0) is 0 Å². The van der Waals surface area contributed by atoms with E-state index in [1.165, 1.54) is 0 Å². The molecule has 0 fully saturated rings. The van der Waals surface area contributed by atoms with Crippen molar-refractivity contribution in [3.8, 4) is 0 Å². The van der Waals surface area contributed by atoms with Gasteiger partial charge in [-0.25, -0.2) is 4.68 Å². The third kappa shape index (κ3) is 1.54. The number of rotatable bonds is 1. The first-order chi connectivity index (χ1) is 4.20. The van der Waals surface area contributed by atoms with Crippen LogP contribution in [0.15, 0.2) is 19.0 Å². The van der Waals surface area contributed by atoms with Gasteiger partial charge in [0.2, 0.25) is 0 Å². The number of nitrogens with zero attached hydrogens (tertiary/aromatic N) is 2. The minimum Gasteiger partial charge on any atom is -0.245 e. The number of aromatic nitrogens is 2. The molecule has 1 rings (SSSR count). The van der Waals surface area contributed by atoms with Crippen molar-refractivity contribution >= 4 is 28.3 Å². The number of hydrogen-bond donors (Lipinski definition) is 0. The highest BCUT2D eigenvalue weighted by Crippen LogP contribution is 2.04. The van der Waals surface area contributed by atoms with Gasteiger partial charge in [-0.2, -0.15) is 5.10 Å². The normalized spacial score (nSPS) is 9.56. The fourth-order valence-corrected chi connectivity index (χ4v) is 0.898. The maximum absolute atomic E-state index is 4.02. The summed E-state index contributed by atoms with van der Waals surface area (Å²) in [6.45, 7) is 5.66. The summed E-state index contributed by atoms with van der Waals surface area (Å²) in [4.78, 5) is 0. The molecule has 1 heterocycles. The van der Waals surface area contributed by atoms with E-state index in [-0.39, 0.29) is 0 Å². The lowest BCUT2D eigenvalue weighted by molar-refractivity contribution is 0.898. The Bertz CT molecular complexity index is 227. The first-order valence-corrected chi connectivity index (χ1v) is 3.64. The Morgan fingerprint density at radius 3 is 2.78 bits per heavy atom. The lowest BCUT2D eigenvalue weighted by atomic mass is 10.6. The fourth-order valence-electron chi connectivity index (χ4n) is 0.510. The molecule has 1 aromatic rings. The predicted octanol–water partition coefficient (Wildman–Crippen LogP) is 1.98. The van der Waals surface area contributed by atoms with E-state index in [9.17, 15) is 0 Å². The van der Waals surface area contributed by atoms with Crippen LogP contribution in [0.4, 0.5) is 0 Å². The predicted molar refractivity (Wildman–Crippen MR) is 45.9 cm³/mol. The summed E-state index contributed by atoms with van der Waals surface area (Å²) in [5.41, 5.74) is 0.943. The van der Waals surface area contributed by atoms with Crippen molar-refractivity contribution in [3.63, 3.8) is 0 Å². The van der Waals surface area contributed by atoms with Crippen LogP contribution in [0.1, 0.15) is 6.92 Å². The largest absolute Gasteiger partial charge is 0.245 e. The maximum atomic E-state index is 4.02. The molecule has 0 radical (unpaired) electrons. The van der Waals surface area contributed by atoms with Gasteiger partial charge in [0.1, 0.15) is 0 Å². The van der Waals surface area contributed by atoms with Crippen LogP contribution in [0.25, 0.3) is 5.70 Å². The number of hydrogen-bond acceptors (Lipinski definition) is 1. The molecule has 0 aliphatic heterocycles. The highest BCUT2D eigenvalue weighted by molar-refractivity contribution is 14.1. The lowest BCUT2D eigenvalue weighted by Crippen LogP contribution is -1.90. The highest BCUT2D eigenvalue weighted by Gasteiger charge is 1.91. The summed E-state index contributed by atoms with van der Waals surface area (Å²) in [6.07, 6.45) is 3.73. The zero-order valence-corrected chi connectivity index (χ0v) is 7.29. The SMILES string of the molecule is C=C(C)n1cc(I)cn1. The van der Waals surface area contributed by atoms with Crippen LogP contribution in [0.2, 0.25) is 0 Å². The quantitative estimate of drug-likeness (QED) is 0.679. The van der Waals surface area contributed by atoms with E-state index in [1.54, 1.807) is 10.9 Å². The molecule has 0 bridgehead atoms. The minimum atomic E-state index is 0.943. The van der Waals surface area contributed by atoms with Crippen molar-refractivity contribution in [2.24, 2.45) is 0 Å². The standard InChI is InChI=1S/C6H7IN2/c1-5(2)9-4-6(7)3-8-9/h3-4H,1H2,2H3. The van der Waals surface area contributed by atoms with Gasteiger partial charge in [0.25, 0.3) is 0 Å². The van der Waals surface area contributed by atoms with Crippen LogP contribution in [0.3, 0.4) is 0 Å². The van der Waals surface area contributed by atoms with Gasteiger partial charge in [0, 0.05) is 11.9 Å². The van der Waals surface area contributed by atoms with E-state index >= 15 is 0 Å². The first kappa shape index (κ1) is 6.80. The van der Waals surface area contributed by atoms with Gasteiger partial charge in [-0.05, 0) is 29.5 Å². The van der Waals surface area contributed by atoms with E-state index in [2.05, 4.69) is 34.3 Å². The summed E-state index contributed by atoms with van der Waals surface area (Å²) in [7, 11) is 0. The third-order valence-electron chi connectivity index (χ3n) is 0.942. The van der Waals surface area contributed by atoms with Crippen molar-refractivity contribution < 1.29 is 0 Å². The van der Waals surface area contributed by atoms with Crippen LogP contribution in [-0.4, -0.2) is 9.78 Å². The van der Waals surface area contributed by atoms with Crippen molar-refractivity contribution in [3.05, 3.63) is 22.5 Å². The summed E-state index contributed by atoms with van der Waals surface area (Å²) < 4.78 is 2.89. The van der Waals surface area contributed by atoms with Gasteiger partial charge in [-0.3, -0.25) is 0 Å². The summed E-state index contributed by atoms with van der Waals surface area (Å²) in [5.74, 6) is 0. The molecule has 9 heavy (non-hydrogen) atoms. The average Bonchev–Trinajstić information content (AvgIpc) is 2.14. The Morgan fingerprint density at radius 1 is 1.89 bits per heavy atom. The Balaban J connectivity index is 2.98.